The number of ether oxygens (including phenoxy) is 1. The molecule has 1 atom stereocenters. The van der Waals surface area contributed by atoms with E-state index in [1.165, 1.54) is 4.90 Å². The Morgan fingerprint density at radius 2 is 2.04 bits per heavy atom. The Morgan fingerprint density at radius 3 is 2.67 bits per heavy atom. The molecule has 1 aliphatic carbocycles. The van der Waals surface area contributed by atoms with E-state index in [0.717, 1.165) is 0 Å². The molecule has 1 aromatic carbocycles. The maximum absolute atomic E-state index is 14.3. The number of ketones is 1. The number of halogens is 2. The Labute approximate surface area is 149 Å². The van der Waals surface area contributed by atoms with Gasteiger partial charge in [-0.2, -0.15) is 0 Å². The quantitative estimate of drug-likeness (QED) is 0.754. The van der Waals surface area contributed by atoms with Crippen LogP contribution in [-0.2, 0) is 16.0 Å². The zero-order valence-corrected chi connectivity index (χ0v) is 15.6. The van der Waals surface area contributed by atoms with Crippen LogP contribution >= 0.6 is 15.9 Å². The molecule has 1 amide bonds. The third kappa shape index (κ3) is 3.21. The van der Waals surface area contributed by atoms with Crippen molar-refractivity contribution in [1.82, 2.24) is 4.90 Å². The summed E-state index contributed by atoms with van der Waals surface area (Å²) in [5.74, 6) is -0.370. The average molecular weight is 398 g/mol. The van der Waals surface area contributed by atoms with Crippen molar-refractivity contribution in [3.8, 4) is 0 Å². The fraction of sp³-hybridized carbons (Fsp3) is 0.556. The zero-order chi connectivity index (χ0) is 17.6. The van der Waals surface area contributed by atoms with Gasteiger partial charge in [-0.1, -0.05) is 12.1 Å². The minimum absolute atomic E-state index is 0.00565. The van der Waals surface area contributed by atoms with Crippen LogP contribution in [0.3, 0.4) is 0 Å². The van der Waals surface area contributed by atoms with E-state index in [4.69, 9.17) is 4.74 Å². The lowest BCUT2D eigenvalue weighted by atomic mass is 9.69. The average Bonchev–Trinajstić information content (AvgIpc) is 2.42. The van der Waals surface area contributed by atoms with Gasteiger partial charge in [-0.15, -0.1) is 0 Å². The van der Waals surface area contributed by atoms with Crippen molar-refractivity contribution in [2.24, 2.45) is 5.92 Å². The van der Waals surface area contributed by atoms with Crippen molar-refractivity contribution < 1.29 is 18.7 Å². The summed E-state index contributed by atoms with van der Waals surface area (Å²) in [7, 11) is 0. The van der Waals surface area contributed by atoms with Gasteiger partial charge in [0.2, 0.25) is 0 Å². The molecule has 4 nitrogen and oxygen atoms in total. The standard InChI is InChI=1S/C18H21BrFNO3/c1-18(2,3)24-17(23)21-12-7-11(8-12)16(22)14(21)9-10-5-4-6-13(19)15(10)20/h4-6,11-12,14H,7-9H2,1-3H3. The molecule has 130 valence electrons. The lowest BCUT2D eigenvalue weighted by Gasteiger charge is -2.52. The summed E-state index contributed by atoms with van der Waals surface area (Å²) in [6.07, 6.45) is 1.07. The molecule has 3 aliphatic rings. The summed E-state index contributed by atoms with van der Waals surface area (Å²) >= 11 is 3.17. The number of fused-ring (bicyclic) bond motifs is 2. The van der Waals surface area contributed by atoms with Crippen LogP contribution < -0.4 is 0 Å². The Kier molecular flexibility index (Phi) is 4.45. The molecule has 2 saturated heterocycles. The first-order chi connectivity index (χ1) is 11.2. The highest BCUT2D eigenvalue weighted by Crippen LogP contribution is 2.42. The molecule has 1 aromatic rings. The fourth-order valence-electron chi connectivity index (χ4n) is 3.42. The summed E-state index contributed by atoms with van der Waals surface area (Å²) in [5, 5.41) is 0. The van der Waals surface area contributed by atoms with Crippen LogP contribution in [-0.4, -0.2) is 34.5 Å². The van der Waals surface area contributed by atoms with Gasteiger partial charge < -0.3 is 4.74 Å². The molecule has 2 bridgehead atoms. The number of nitrogens with zero attached hydrogens (tertiary/aromatic N) is 1. The van der Waals surface area contributed by atoms with E-state index in [-0.39, 0.29) is 30.0 Å². The Balaban J connectivity index is 1.86. The molecule has 0 radical (unpaired) electrons. The van der Waals surface area contributed by atoms with E-state index >= 15 is 0 Å². The van der Waals surface area contributed by atoms with E-state index < -0.39 is 17.7 Å². The van der Waals surface area contributed by atoms with Crippen molar-refractivity contribution in [3.63, 3.8) is 0 Å². The summed E-state index contributed by atoms with van der Waals surface area (Å²) < 4.78 is 20.1. The van der Waals surface area contributed by atoms with Gasteiger partial charge in [0.25, 0.3) is 0 Å². The second-order valence-electron chi connectivity index (χ2n) is 7.54. The first-order valence-corrected chi connectivity index (χ1v) is 8.94. The molecule has 24 heavy (non-hydrogen) atoms. The molecule has 2 aliphatic heterocycles. The number of Topliss-reactive ketones (excluding diaryl/α,β-unsaturated/α-hetero) is 1. The number of hydrogen-bond acceptors (Lipinski definition) is 3. The fourth-order valence-corrected chi connectivity index (χ4v) is 3.82. The minimum atomic E-state index is -0.652. The summed E-state index contributed by atoms with van der Waals surface area (Å²) in [4.78, 5) is 26.8. The SMILES string of the molecule is CC(C)(C)OC(=O)N1C2CC(C2)C(=O)C1Cc1cccc(Br)c1F. The molecule has 1 saturated carbocycles. The van der Waals surface area contributed by atoms with Gasteiger partial charge >= 0.3 is 6.09 Å². The van der Waals surface area contributed by atoms with Gasteiger partial charge in [0.05, 0.1) is 10.5 Å². The monoisotopic (exact) mass is 397 g/mol. The summed E-state index contributed by atoms with van der Waals surface area (Å²) in [5.41, 5.74) is -0.204. The van der Waals surface area contributed by atoms with Crippen molar-refractivity contribution >= 4 is 27.8 Å². The summed E-state index contributed by atoms with van der Waals surface area (Å²) in [6, 6.07) is 4.36. The third-order valence-corrected chi connectivity index (χ3v) is 5.23. The number of benzene rings is 1. The Bertz CT molecular complexity index is 679. The largest absolute Gasteiger partial charge is 0.444 e. The molecular formula is C18H21BrFNO3. The predicted molar refractivity (Wildman–Crippen MR) is 91.2 cm³/mol. The predicted octanol–water partition coefficient (Wildman–Crippen LogP) is 4.10. The number of rotatable bonds is 2. The van der Waals surface area contributed by atoms with E-state index in [1.807, 2.05) is 0 Å². The number of amides is 1. The maximum Gasteiger partial charge on any atom is 0.411 e. The topological polar surface area (TPSA) is 46.6 Å². The number of piperidine rings is 2. The van der Waals surface area contributed by atoms with Gasteiger partial charge in [-0.25, -0.2) is 9.18 Å². The van der Waals surface area contributed by atoms with Gasteiger partial charge in [0.15, 0.2) is 5.78 Å². The van der Waals surface area contributed by atoms with Crippen LogP contribution in [0.25, 0.3) is 0 Å². The third-order valence-electron chi connectivity index (χ3n) is 4.62. The molecule has 1 unspecified atom stereocenters. The smallest absolute Gasteiger partial charge is 0.411 e. The van der Waals surface area contributed by atoms with Gasteiger partial charge in [0.1, 0.15) is 11.4 Å². The second kappa shape index (κ2) is 6.14. The van der Waals surface area contributed by atoms with Crippen molar-refractivity contribution in [2.45, 2.75) is 57.7 Å². The first kappa shape index (κ1) is 17.4. The highest BCUT2D eigenvalue weighted by molar-refractivity contribution is 9.10. The highest BCUT2D eigenvalue weighted by atomic mass is 79.9. The number of carbonyl (C=O) groups excluding carboxylic acids is 2. The lowest BCUT2D eigenvalue weighted by molar-refractivity contribution is -0.144. The highest BCUT2D eigenvalue weighted by Gasteiger charge is 2.52. The normalized spacial score (nSPS) is 26.1. The number of hydrogen-bond donors (Lipinski definition) is 0. The Hall–Kier alpha value is -1.43. The number of carbonyl (C=O) groups is 2. The van der Waals surface area contributed by atoms with Crippen LogP contribution in [0, 0.1) is 11.7 Å². The second-order valence-corrected chi connectivity index (χ2v) is 8.40. The van der Waals surface area contributed by atoms with Gasteiger partial charge in [-0.3, -0.25) is 9.69 Å². The van der Waals surface area contributed by atoms with Gasteiger partial charge in [0, 0.05) is 18.4 Å². The van der Waals surface area contributed by atoms with Crippen molar-refractivity contribution in [3.05, 3.63) is 34.1 Å². The van der Waals surface area contributed by atoms with E-state index in [0.29, 0.717) is 22.9 Å². The van der Waals surface area contributed by atoms with E-state index in [1.54, 1.807) is 39.0 Å². The van der Waals surface area contributed by atoms with Crippen LogP contribution in [0.1, 0.15) is 39.2 Å². The zero-order valence-electron chi connectivity index (χ0n) is 14.0. The van der Waals surface area contributed by atoms with Crippen molar-refractivity contribution in [1.29, 1.82) is 0 Å². The van der Waals surface area contributed by atoms with Crippen LogP contribution in [0.4, 0.5) is 9.18 Å². The molecule has 6 heteroatoms. The lowest BCUT2D eigenvalue weighted by Crippen LogP contribution is -2.65. The minimum Gasteiger partial charge on any atom is -0.444 e. The molecule has 0 N–H and O–H groups in total. The molecule has 3 fully saturated rings. The van der Waals surface area contributed by atoms with Crippen LogP contribution in [0.15, 0.2) is 22.7 Å². The van der Waals surface area contributed by atoms with E-state index in [2.05, 4.69) is 15.9 Å². The molecule has 2 heterocycles. The molecule has 0 spiro atoms. The molecular weight excluding hydrogens is 377 g/mol. The Morgan fingerprint density at radius 1 is 1.38 bits per heavy atom. The molecule has 4 rings (SSSR count). The van der Waals surface area contributed by atoms with Crippen LogP contribution in [0.2, 0.25) is 0 Å². The maximum atomic E-state index is 14.3. The summed E-state index contributed by atoms with van der Waals surface area (Å²) in [6.45, 7) is 5.38. The van der Waals surface area contributed by atoms with Crippen LogP contribution in [0.5, 0.6) is 0 Å². The van der Waals surface area contributed by atoms with E-state index in [9.17, 15) is 14.0 Å². The van der Waals surface area contributed by atoms with Gasteiger partial charge in [-0.05, 0) is 61.2 Å². The van der Waals surface area contributed by atoms with Crippen molar-refractivity contribution in [2.75, 3.05) is 0 Å². The molecule has 0 aromatic heterocycles. The first-order valence-electron chi connectivity index (χ1n) is 8.15.